The number of carboxylic acids is 1. The van der Waals surface area contributed by atoms with Gasteiger partial charge < -0.3 is 14.8 Å². The predicted molar refractivity (Wildman–Crippen MR) is 68.5 cm³/mol. The van der Waals surface area contributed by atoms with E-state index in [1.807, 2.05) is 0 Å². The molecule has 1 heterocycles. The fraction of sp³-hybridized carbons (Fsp3) is 0.643. The van der Waals surface area contributed by atoms with Crippen molar-refractivity contribution in [2.24, 2.45) is 11.8 Å². The van der Waals surface area contributed by atoms with E-state index in [0.29, 0.717) is 12.6 Å². The third-order valence-electron chi connectivity index (χ3n) is 3.70. The molecule has 1 aliphatic carbocycles. The Morgan fingerprint density at radius 3 is 2.67 bits per heavy atom. The van der Waals surface area contributed by atoms with Gasteiger partial charge in [0.25, 0.3) is 0 Å². The van der Waals surface area contributed by atoms with Crippen molar-refractivity contribution in [3.63, 3.8) is 0 Å². The van der Waals surface area contributed by atoms with Gasteiger partial charge in [0, 0.05) is 18.2 Å². The van der Waals surface area contributed by atoms with Crippen molar-refractivity contribution in [2.75, 3.05) is 0 Å². The number of carbonyl (C=O) groups is 1. The second kappa shape index (κ2) is 5.57. The van der Waals surface area contributed by atoms with Gasteiger partial charge in [-0.1, -0.05) is 13.8 Å². The first-order valence-corrected chi connectivity index (χ1v) is 6.59. The molecule has 0 saturated heterocycles. The minimum Gasteiger partial charge on any atom is -0.475 e. The Morgan fingerprint density at radius 2 is 2.06 bits per heavy atom. The average Bonchev–Trinajstić information content (AvgIpc) is 2.73. The number of hydrogen-bond acceptors (Lipinski definition) is 3. The van der Waals surface area contributed by atoms with E-state index in [-0.39, 0.29) is 5.76 Å². The van der Waals surface area contributed by atoms with Gasteiger partial charge in [0.1, 0.15) is 0 Å². The lowest BCUT2D eigenvalue weighted by Gasteiger charge is -2.32. The molecule has 1 aliphatic rings. The molecular formula is C14H21NO3. The highest BCUT2D eigenvalue weighted by Gasteiger charge is 2.24. The molecule has 0 aromatic carbocycles. The van der Waals surface area contributed by atoms with Crippen LogP contribution in [0.15, 0.2) is 16.7 Å². The van der Waals surface area contributed by atoms with E-state index >= 15 is 0 Å². The molecule has 1 saturated carbocycles. The van der Waals surface area contributed by atoms with E-state index in [9.17, 15) is 4.79 Å². The topological polar surface area (TPSA) is 62.5 Å². The van der Waals surface area contributed by atoms with Gasteiger partial charge in [-0.15, -0.1) is 0 Å². The molecule has 0 bridgehead atoms. The van der Waals surface area contributed by atoms with Crippen LogP contribution in [0.3, 0.4) is 0 Å². The van der Waals surface area contributed by atoms with E-state index in [0.717, 1.165) is 17.4 Å². The molecule has 0 radical (unpaired) electrons. The monoisotopic (exact) mass is 251 g/mol. The maximum Gasteiger partial charge on any atom is 0.372 e. The summed E-state index contributed by atoms with van der Waals surface area (Å²) in [6, 6.07) is 2.21. The fourth-order valence-corrected chi connectivity index (χ4v) is 3.03. The average molecular weight is 251 g/mol. The lowest BCUT2D eigenvalue weighted by molar-refractivity contribution is 0.0660. The number of rotatable bonds is 4. The van der Waals surface area contributed by atoms with Crippen LogP contribution in [0.5, 0.6) is 0 Å². The molecule has 100 valence electrons. The predicted octanol–water partition coefficient (Wildman–Crippen LogP) is 2.89. The first-order chi connectivity index (χ1) is 8.56. The van der Waals surface area contributed by atoms with Crippen LogP contribution in [0.2, 0.25) is 0 Å². The zero-order valence-corrected chi connectivity index (χ0v) is 11.0. The van der Waals surface area contributed by atoms with E-state index in [1.54, 1.807) is 6.07 Å². The zero-order chi connectivity index (χ0) is 13.1. The molecule has 2 N–H and O–H groups in total. The number of hydrogen-bond donors (Lipinski definition) is 2. The number of furan rings is 1. The number of carboxylic acid groups (broad SMARTS) is 1. The summed E-state index contributed by atoms with van der Waals surface area (Å²) >= 11 is 0. The molecule has 0 amide bonds. The molecule has 18 heavy (non-hydrogen) atoms. The SMILES string of the molecule is CC1CC(C)CC(NCc2ccoc2C(=O)O)C1. The van der Waals surface area contributed by atoms with E-state index in [1.165, 1.54) is 25.5 Å². The Labute approximate surface area is 107 Å². The lowest BCUT2D eigenvalue weighted by Crippen LogP contribution is -2.36. The molecule has 2 atom stereocenters. The molecule has 1 fully saturated rings. The quantitative estimate of drug-likeness (QED) is 0.863. The fourth-order valence-electron chi connectivity index (χ4n) is 3.03. The van der Waals surface area contributed by atoms with Gasteiger partial charge in [0.2, 0.25) is 5.76 Å². The number of aromatic carboxylic acids is 1. The molecule has 2 unspecified atom stereocenters. The van der Waals surface area contributed by atoms with Gasteiger partial charge in [-0.25, -0.2) is 4.79 Å². The standard InChI is InChI=1S/C14H21NO3/c1-9-5-10(2)7-12(6-9)15-8-11-3-4-18-13(11)14(16)17/h3-4,9-10,12,15H,5-8H2,1-2H3,(H,16,17). The summed E-state index contributed by atoms with van der Waals surface area (Å²) in [5.74, 6) is 0.547. The molecular weight excluding hydrogens is 230 g/mol. The molecule has 1 aromatic heterocycles. The normalized spacial score (nSPS) is 28.2. The molecule has 4 nitrogen and oxygen atoms in total. The smallest absolute Gasteiger partial charge is 0.372 e. The van der Waals surface area contributed by atoms with Gasteiger partial charge in [0.15, 0.2) is 0 Å². The zero-order valence-electron chi connectivity index (χ0n) is 11.0. The molecule has 0 spiro atoms. The third-order valence-corrected chi connectivity index (χ3v) is 3.70. The van der Waals surface area contributed by atoms with Crippen molar-refractivity contribution in [3.8, 4) is 0 Å². The van der Waals surface area contributed by atoms with Crippen molar-refractivity contribution >= 4 is 5.97 Å². The Hall–Kier alpha value is -1.29. The second-order valence-electron chi connectivity index (χ2n) is 5.58. The van der Waals surface area contributed by atoms with Crippen molar-refractivity contribution in [3.05, 3.63) is 23.7 Å². The Morgan fingerprint density at radius 1 is 1.39 bits per heavy atom. The van der Waals surface area contributed by atoms with Crippen LogP contribution in [0.25, 0.3) is 0 Å². The number of nitrogens with one attached hydrogen (secondary N) is 1. The van der Waals surface area contributed by atoms with Crippen molar-refractivity contribution in [1.82, 2.24) is 5.32 Å². The van der Waals surface area contributed by atoms with Crippen LogP contribution in [-0.4, -0.2) is 17.1 Å². The largest absolute Gasteiger partial charge is 0.475 e. The maximum atomic E-state index is 10.9. The van der Waals surface area contributed by atoms with Gasteiger partial charge in [-0.05, 0) is 37.2 Å². The Kier molecular flexibility index (Phi) is 4.07. The van der Waals surface area contributed by atoms with E-state index < -0.39 is 5.97 Å². The minimum absolute atomic E-state index is 0.0550. The summed E-state index contributed by atoms with van der Waals surface area (Å²) < 4.78 is 4.97. The van der Waals surface area contributed by atoms with Gasteiger partial charge in [-0.3, -0.25) is 0 Å². The Bertz CT molecular complexity index is 403. The van der Waals surface area contributed by atoms with Crippen LogP contribution >= 0.6 is 0 Å². The molecule has 4 heteroatoms. The minimum atomic E-state index is -0.998. The second-order valence-corrected chi connectivity index (χ2v) is 5.58. The molecule has 2 rings (SSSR count). The van der Waals surface area contributed by atoms with Crippen LogP contribution < -0.4 is 5.32 Å². The van der Waals surface area contributed by atoms with E-state index in [4.69, 9.17) is 9.52 Å². The van der Waals surface area contributed by atoms with E-state index in [2.05, 4.69) is 19.2 Å². The van der Waals surface area contributed by atoms with Gasteiger partial charge in [0.05, 0.1) is 6.26 Å². The highest BCUT2D eigenvalue weighted by atomic mass is 16.4. The molecule has 1 aromatic rings. The summed E-state index contributed by atoms with van der Waals surface area (Å²) in [5.41, 5.74) is 0.730. The summed E-state index contributed by atoms with van der Waals surface area (Å²) in [7, 11) is 0. The van der Waals surface area contributed by atoms with Crippen molar-refractivity contribution < 1.29 is 14.3 Å². The third kappa shape index (κ3) is 3.13. The summed E-state index contributed by atoms with van der Waals surface area (Å²) in [6.07, 6.45) is 5.08. The summed E-state index contributed by atoms with van der Waals surface area (Å²) in [4.78, 5) is 10.9. The first kappa shape index (κ1) is 13.1. The van der Waals surface area contributed by atoms with Crippen LogP contribution in [0.4, 0.5) is 0 Å². The summed E-state index contributed by atoms with van der Waals surface area (Å²) in [5, 5.41) is 12.4. The highest BCUT2D eigenvalue weighted by molar-refractivity contribution is 5.86. The van der Waals surface area contributed by atoms with Crippen molar-refractivity contribution in [1.29, 1.82) is 0 Å². The van der Waals surface area contributed by atoms with Gasteiger partial charge in [-0.2, -0.15) is 0 Å². The summed E-state index contributed by atoms with van der Waals surface area (Å²) in [6.45, 7) is 5.14. The molecule has 0 aliphatic heterocycles. The maximum absolute atomic E-state index is 10.9. The Balaban J connectivity index is 1.91. The highest BCUT2D eigenvalue weighted by Crippen LogP contribution is 2.28. The van der Waals surface area contributed by atoms with Gasteiger partial charge >= 0.3 is 5.97 Å². The van der Waals surface area contributed by atoms with Crippen LogP contribution in [-0.2, 0) is 6.54 Å². The van der Waals surface area contributed by atoms with Crippen LogP contribution in [0.1, 0.15) is 49.2 Å². The lowest BCUT2D eigenvalue weighted by atomic mass is 9.80. The van der Waals surface area contributed by atoms with Crippen molar-refractivity contribution in [2.45, 2.75) is 45.7 Å². The van der Waals surface area contributed by atoms with Crippen LogP contribution in [0, 0.1) is 11.8 Å². The first-order valence-electron chi connectivity index (χ1n) is 6.59.